The Hall–Kier alpha value is -4.39. The highest BCUT2D eigenvalue weighted by Crippen LogP contribution is 2.40. The van der Waals surface area contributed by atoms with Crippen molar-refractivity contribution in [2.24, 2.45) is 5.73 Å². The van der Waals surface area contributed by atoms with E-state index in [-0.39, 0.29) is 33.0 Å². The molecule has 176 valence electrons. The molecule has 14 heteroatoms. The van der Waals surface area contributed by atoms with Gasteiger partial charge in [0.25, 0.3) is 5.91 Å². The topological polar surface area (TPSA) is 117 Å². The van der Waals surface area contributed by atoms with Crippen LogP contribution in [0.3, 0.4) is 0 Å². The monoisotopic (exact) mass is 502 g/mol. The van der Waals surface area contributed by atoms with Crippen LogP contribution in [0.15, 0.2) is 55.1 Å². The van der Waals surface area contributed by atoms with Crippen LogP contribution in [-0.2, 0) is 6.18 Å². The maximum absolute atomic E-state index is 14.3. The van der Waals surface area contributed by atoms with Crippen molar-refractivity contribution in [1.29, 1.82) is 0 Å². The first kappa shape index (κ1) is 22.4. The van der Waals surface area contributed by atoms with Crippen LogP contribution in [-0.4, -0.2) is 40.6 Å². The summed E-state index contributed by atoms with van der Waals surface area (Å²) in [6.07, 6.45) is 0.169. The van der Waals surface area contributed by atoms with Crippen LogP contribution < -0.4 is 5.73 Å². The summed E-state index contributed by atoms with van der Waals surface area (Å²) < 4.78 is 57.6. The van der Waals surface area contributed by atoms with Gasteiger partial charge < -0.3 is 5.73 Å². The van der Waals surface area contributed by atoms with Gasteiger partial charge in [-0.05, 0) is 30.3 Å². The van der Waals surface area contributed by atoms with Gasteiger partial charge in [0.2, 0.25) is 0 Å². The molecule has 0 aliphatic rings. The van der Waals surface area contributed by atoms with Crippen molar-refractivity contribution in [2.75, 3.05) is 0 Å². The van der Waals surface area contributed by atoms with E-state index in [4.69, 9.17) is 17.3 Å². The van der Waals surface area contributed by atoms with E-state index in [9.17, 15) is 22.4 Å². The number of carbonyl (C=O) groups is 1. The molecular formula is C21H11ClF4N8O. The zero-order valence-electron chi connectivity index (χ0n) is 17.2. The van der Waals surface area contributed by atoms with Gasteiger partial charge in [0.05, 0.1) is 28.7 Å². The van der Waals surface area contributed by atoms with Gasteiger partial charge in [0.1, 0.15) is 17.0 Å². The first-order valence-electron chi connectivity index (χ1n) is 9.73. The Labute approximate surface area is 197 Å². The second-order valence-electron chi connectivity index (χ2n) is 7.16. The Balaban J connectivity index is 1.80. The van der Waals surface area contributed by atoms with Crippen molar-refractivity contribution in [1.82, 2.24) is 34.7 Å². The van der Waals surface area contributed by atoms with Gasteiger partial charge in [-0.1, -0.05) is 11.6 Å². The number of benzene rings is 1. The zero-order valence-corrected chi connectivity index (χ0v) is 18.0. The molecule has 5 rings (SSSR count). The van der Waals surface area contributed by atoms with Crippen molar-refractivity contribution in [3.8, 4) is 22.8 Å². The Morgan fingerprint density at radius 3 is 2.46 bits per heavy atom. The van der Waals surface area contributed by atoms with Gasteiger partial charge in [0, 0.05) is 23.3 Å². The standard InChI is InChI=1S/C21H11ClF4N8O/c22-12-8-10(9-29-20(12)34-30-6-7-31-34)16-15(19(27)35)18(21(24,25)26)33(32-16)14-4-3-13(23)17-11(14)2-1-5-28-17/h1-9H,(H2,27,35). The summed E-state index contributed by atoms with van der Waals surface area (Å²) in [5.74, 6) is -2.01. The van der Waals surface area contributed by atoms with Crippen LogP contribution >= 0.6 is 11.6 Å². The second kappa shape index (κ2) is 8.13. The van der Waals surface area contributed by atoms with E-state index in [1.165, 1.54) is 36.8 Å². The number of halogens is 5. The molecule has 35 heavy (non-hydrogen) atoms. The molecule has 2 N–H and O–H groups in total. The van der Waals surface area contributed by atoms with Crippen molar-refractivity contribution >= 4 is 28.4 Å². The fourth-order valence-corrected chi connectivity index (χ4v) is 3.87. The van der Waals surface area contributed by atoms with Gasteiger partial charge in [-0.3, -0.25) is 9.78 Å². The van der Waals surface area contributed by atoms with Crippen LogP contribution in [0.2, 0.25) is 5.02 Å². The third-order valence-corrected chi connectivity index (χ3v) is 5.31. The number of aromatic nitrogens is 7. The molecule has 1 amide bonds. The molecule has 0 aliphatic heterocycles. The number of rotatable bonds is 4. The quantitative estimate of drug-likeness (QED) is 0.372. The molecule has 9 nitrogen and oxygen atoms in total. The molecule has 0 bridgehead atoms. The van der Waals surface area contributed by atoms with Crippen LogP contribution in [0.5, 0.6) is 0 Å². The van der Waals surface area contributed by atoms with E-state index in [0.717, 1.165) is 23.1 Å². The molecule has 1 aromatic carbocycles. The molecule has 0 atom stereocenters. The normalized spacial score (nSPS) is 11.8. The van der Waals surface area contributed by atoms with Crippen molar-refractivity contribution < 1.29 is 22.4 Å². The molecule has 0 saturated carbocycles. The summed E-state index contributed by atoms with van der Waals surface area (Å²) in [5, 5.41) is 11.9. The largest absolute Gasteiger partial charge is 0.434 e. The average molecular weight is 503 g/mol. The van der Waals surface area contributed by atoms with Gasteiger partial charge in [-0.15, -0.1) is 4.80 Å². The van der Waals surface area contributed by atoms with E-state index in [0.29, 0.717) is 4.68 Å². The summed E-state index contributed by atoms with van der Waals surface area (Å²) in [6, 6.07) is 6.14. The average Bonchev–Trinajstić information content (AvgIpc) is 3.48. The predicted octanol–water partition coefficient (Wildman–Crippen LogP) is 3.97. The van der Waals surface area contributed by atoms with E-state index >= 15 is 0 Å². The Morgan fingerprint density at radius 1 is 1.06 bits per heavy atom. The highest BCUT2D eigenvalue weighted by Gasteiger charge is 2.43. The third-order valence-electron chi connectivity index (χ3n) is 5.03. The third kappa shape index (κ3) is 3.75. The van der Waals surface area contributed by atoms with Gasteiger partial charge in [-0.25, -0.2) is 14.1 Å². The maximum atomic E-state index is 14.3. The first-order chi connectivity index (χ1) is 16.7. The van der Waals surface area contributed by atoms with E-state index in [1.54, 1.807) is 0 Å². The fraction of sp³-hybridized carbons (Fsp3) is 0.0476. The van der Waals surface area contributed by atoms with Gasteiger partial charge in [-0.2, -0.15) is 28.5 Å². The molecule has 0 saturated heterocycles. The van der Waals surface area contributed by atoms with Crippen LogP contribution in [0.25, 0.3) is 33.7 Å². The molecule has 0 unspecified atom stereocenters. The lowest BCUT2D eigenvalue weighted by Gasteiger charge is -2.13. The second-order valence-corrected chi connectivity index (χ2v) is 7.57. The number of hydrogen-bond donors (Lipinski definition) is 1. The van der Waals surface area contributed by atoms with Crippen LogP contribution in [0.4, 0.5) is 17.6 Å². The highest BCUT2D eigenvalue weighted by molar-refractivity contribution is 6.32. The number of fused-ring (bicyclic) bond motifs is 1. The summed E-state index contributed by atoms with van der Waals surface area (Å²) in [6.45, 7) is 0. The molecule has 0 spiro atoms. The molecule has 4 heterocycles. The minimum atomic E-state index is -5.06. The van der Waals surface area contributed by atoms with E-state index in [2.05, 4.69) is 25.3 Å². The molecule has 0 fully saturated rings. The fourth-order valence-electron chi connectivity index (χ4n) is 3.63. The van der Waals surface area contributed by atoms with Crippen LogP contribution in [0.1, 0.15) is 16.1 Å². The number of pyridine rings is 2. The number of alkyl halides is 3. The number of hydrogen-bond acceptors (Lipinski definition) is 6. The summed E-state index contributed by atoms with van der Waals surface area (Å²) in [7, 11) is 0. The van der Waals surface area contributed by atoms with E-state index in [1.807, 2.05) is 0 Å². The van der Waals surface area contributed by atoms with Gasteiger partial charge in [0.15, 0.2) is 11.5 Å². The summed E-state index contributed by atoms with van der Waals surface area (Å²) in [5.41, 5.74) is 2.27. The van der Waals surface area contributed by atoms with Crippen LogP contribution in [0, 0.1) is 5.82 Å². The number of nitrogens with zero attached hydrogens (tertiary/aromatic N) is 7. The summed E-state index contributed by atoms with van der Waals surface area (Å²) >= 11 is 6.27. The minimum Gasteiger partial charge on any atom is -0.365 e. The molecule has 0 radical (unpaired) electrons. The zero-order chi connectivity index (χ0) is 24.9. The predicted molar refractivity (Wildman–Crippen MR) is 116 cm³/mol. The lowest BCUT2D eigenvalue weighted by molar-refractivity contribution is -0.143. The van der Waals surface area contributed by atoms with Crippen molar-refractivity contribution in [2.45, 2.75) is 6.18 Å². The molecule has 0 aliphatic carbocycles. The molecule has 4 aromatic heterocycles. The number of nitrogens with two attached hydrogens (primary N) is 1. The SMILES string of the molecule is NC(=O)c1c(-c2cnc(-n3nccn3)c(Cl)c2)nn(-c2ccc(F)c3ncccc23)c1C(F)(F)F. The Kier molecular flexibility index (Phi) is 5.20. The first-order valence-corrected chi connectivity index (χ1v) is 10.1. The number of amides is 1. The lowest BCUT2D eigenvalue weighted by Crippen LogP contribution is -2.21. The Bertz CT molecular complexity index is 1600. The molecule has 5 aromatic rings. The summed E-state index contributed by atoms with van der Waals surface area (Å²) in [4.78, 5) is 21.4. The Morgan fingerprint density at radius 2 is 1.80 bits per heavy atom. The number of primary amides is 1. The van der Waals surface area contributed by atoms with Crippen molar-refractivity contribution in [3.05, 3.63) is 77.2 Å². The van der Waals surface area contributed by atoms with Crippen molar-refractivity contribution in [3.63, 3.8) is 0 Å². The molecular weight excluding hydrogens is 492 g/mol. The number of carbonyl (C=O) groups excluding carboxylic acids is 1. The highest BCUT2D eigenvalue weighted by atomic mass is 35.5. The minimum absolute atomic E-state index is 0.0198. The smallest absolute Gasteiger partial charge is 0.365 e. The maximum Gasteiger partial charge on any atom is 0.434 e. The van der Waals surface area contributed by atoms with Gasteiger partial charge >= 0.3 is 6.18 Å². The van der Waals surface area contributed by atoms with E-state index < -0.39 is 34.9 Å². The lowest BCUT2D eigenvalue weighted by atomic mass is 10.1.